The van der Waals surface area contributed by atoms with Crippen LogP contribution < -0.4 is 24.3 Å². The van der Waals surface area contributed by atoms with Crippen LogP contribution in [0.25, 0.3) is 16.9 Å². The van der Waals surface area contributed by atoms with Crippen LogP contribution in [-0.4, -0.2) is 42.0 Å². The number of benzene rings is 2. The van der Waals surface area contributed by atoms with Crippen LogP contribution in [0.5, 0.6) is 23.0 Å². The minimum absolute atomic E-state index is 0.000667. The van der Waals surface area contributed by atoms with E-state index < -0.39 is 0 Å². The predicted molar refractivity (Wildman–Crippen MR) is 130 cm³/mol. The first-order valence-electron chi connectivity index (χ1n) is 10.4. The summed E-state index contributed by atoms with van der Waals surface area (Å²) >= 11 is 6.44. The summed E-state index contributed by atoms with van der Waals surface area (Å²) in [4.78, 5) is 4.73. The molecule has 4 aromatic rings. The van der Waals surface area contributed by atoms with Gasteiger partial charge in [-0.2, -0.15) is 5.26 Å². The molecule has 0 aliphatic carbocycles. The number of H-pyrrole nitrogens is 1. The average molecular weight is 482 g/mol. The molecule has 0 atom stereocenters. The van der Waals surface area contributed by atoms with Crippen molar-refractivity contribution in [1.29, 1.82) is 5.26 Å². The first-order chi connectivity index (χ1) is 16.4. The van der Waals surface area contributed by atoms with Gasteiger partial charge in [-0.15, -0.1) is 0 Å². The van der Waals surface area contributed by atoms with Gasteiger partial charge in [0, 0.05) is 17.4 Å². The lowest BCUT2D eigenvalue weighted by Gasteiger charge is -2.15. The Kier molecular flexibility index (Phi) is 6.43. The third kappa shape index (κ3) is 4.16. The topological polar surface area (TPSA) is 106 Å². The van der Waals surface area contributed by atoms with E-state index in [4.69, 9.17) is 35.5 Å². The Hall–Kier alpha value is -4.03. The fraction of sp³-hybridized carbons (Fsp3) is 0.250. The highest BCUT2D eigenvalue weighted by Gasteiger charge is 2.22. The second-order valence-electron chi connectivity index (χ2n) is 7.62. The Morgan fingerprint density at radius 3 is 2.32 bits per heavy atom. The van der Waals surface area contributed by atoms with Crippen LogP contribution in [0, 0.1) is 11.3 Å². The number of imidazole rings is 1. The Labute approximate surface area is 201 Å². The molecule has 176 valence electrons. The van der Waals surface area contributed by atoms with Gasteiger partial charge in [0.1, 0.15) is 23.1 Å². The predicted octanol–water partition coefficient (Wildman–Crippen LogP) is 5.41. The first-order valence-corrected chi connectivity index (χ1v) is 10.8. The molecule has 0 radical (unpaired) electrons. The molecule has 9 nitrogen and oxygen atoms in total. The molecule has 2 aromatic heterocycles. The molecule has 2 heterocycles. The van der Waals surface area contributed by atoms with E-state index in [-0.39, 0.29) is 6.10 Å². The van der Waals surface area contributed by atoms with Gasteiger partial charge in [0.2, 0.25) is 5.75 Å². The van der Waals surface area contributed by atoms with E-state index in [1.165, 1.54) is 0 Å². The normalized spacial score (nSPS) is 10.9. The van der Waals surface area contributed by atoms with Crippen molar-refractivity contribution in [2.45, 2.75) is 20.0 Å². The quantitative estimate of drug-likeness (QED) is 0.346. The number of aromatic amines is 1. The minimum atomic E-state index is 0.000667. The number of aromatic nitrogens is 3. The Morgan fingerprint density at radius 2 is 1.76 bits per heavy atom. The summed E-state index contributed by atoms with van der Waals surface area (Å²) in [5, 5.41) is 16.4. The molecule has 0 amide bonds. The van der Waals surface area contributed by atoms with Crippen molar-refractivity contribution in [2.24, 2.45) is 0 Å². The van der Waals surface area contributed by atoms with Crippen LogP contribution in [-0.2, 0) is 0 Å². The van der Waals surface area contributed by atoms with Crippen LogP contribution in [0.4, 0.5) is 11.5 Å². The van der Waals surface area contributed by atoms with Crippen molar-refractivity contribution in [3.63, 3.8) is 0 Å². The molecule has 0 saturated carbocycles. The standard InChI is InChI=1S/C24H24ClN5O4/c1-13(2)34-18-7-6-16(10-17(18)25)28-24-21(29-23-15(11-26)12-27-30(23)24)14-8-19(31-3)22(33-5)20(9-14)32-4/h6-10,12-13,27-28H,1-5H3. The molecule has 0 spiro atoms. The Morgan fingerprint density at radius 1 is 1.06 bits per heavy atom. The Bertz CT molecular complexity index is 1360. The third-order valence-electron chi connectivity index (χ3n) is 5.07. The van der Waals surface area contributed by atoms with Gasteiger partial charge >= 0.3 is 0 Å². The molecule has 4 rings (SSSR count). The van der Waals surface area contributed by atoms with Gasteiger partial charge in [-0.3, -0.25) is 5.10 Å². The van der Waals surface area contributed by atoms with Crippen LogP contribution in [0.1, 0.15) is 19.4 Å². The summed E-state index contributed by atoms with van der Waals surface area (Å²) in [6, 6.07) is 11.2. The van der Waals surface area contributed by atoms with Gasteiger partial charge in [-0.25, -0.2) is 9.50 Å². The van der Waals surface area contributed by atoms with E-state index in [2.05, 4.69) is 16.5 Å². The SMILES string of the molecule is COc1cc(-c2nc3c(C#N)c[nH]n3c2Nc2ccc(OC(C)C)c(Cl)c2)cc(OC)c1OC. The van der Waals surface area contributed by atoms with Crippen LogP contribution in [0.2, 0.25) is 5.02 Å². The lowest BCUT2D eigenvalue weighted by Crippen LogP contribution is -2.06. The molecule has 0 aliphatic heterocycles. The second kappa shape index (κ2) is 9.45. The molecule has 2 N–H and O–H groups in total. The number of methoxy groups -OCH3 is 3. The van der Waals surface area contributed by atoms with Gasteiger partial charge in [0.25, 0.3) is 0 Å². The molecule has 0 unspecified atom stereocenters. The van der Waals surface area contributed by atoms with E-state index in [1.807, 2.05) is 19.9 Å². The van der Waals surface area contributed by atoms with Crippen molar-refractivity contribution in [1.82, 2.24) is 14.6 Å². The zero-order chi connectivity index (χ0) is 24.4. The van der Waals surface area contributed by atoms with E-state index in [0.717, 1.165) is 0 Å². The number of nitrogens with zero attached hydrogens (tertiary/aromatic N) is 3. The molecule has 0 bridgehead atoms. The molecule has 2 aromatic carbocycles. The third-order valence-corrected chi connectivity index (χ3v) is 5.37. The van der Waals surface area contributed by atoms with E-state index in [0.29, 0.717) is 62.0 Å². The maximum atomic E-state index is 9.52. The highest BCUT2D eigenvalue weighted by atomic mass is 35.5. The molecule has 0 aliphatic rings. The number of hydrogen-bond acceptors (Lipinski definition) is 7. The average Bonchev–Trinajstić information content (AvgIpc) is 3.39. The summed E-state index contributed by atoms with van der Waals surface area (Å²) in [6.07, 6.45) is 1.60. The molecule has 0 saturated heterocycles. The maximum absolute atomic E-state index is 9.52. The summed E-state index contributed by atoms with van der Waals surface area (Å²) in [7, 11) is 4.64. The number of halogens is 1. The van der Waals surface area contributed by atoms with E-state index >= 15 is 0 Å². The van der Waals surface area contributed by atoms with Crippen molar-refractivity contribution in [2.75, 3.05) is 26.6 Å². The molecular formula is C24H24ClN5O4. The first kappa shape index (κ1) is 23.1. The molecule has 0 fully saturated rings. The monoisotopic (exact) mass is 481 g/mol. The van der Waals surface area contributed by atoms with Crippen molar-refractivity contribution in [3.05, 3.63) is 47.1 Å². The lowest BCUT2D eigenvalue weighted by atomic mass is 10.1. The summed E-state index contributed by atoms with van der Waals surface area (Å²) in [5.41, 5.74) is 2.86. The van der Waals surface area contributed by atoms with E-state index in [9.17, 15) is 5.26 Å². The second-order valence-corrected chi connectivity index (χ2v) is 8.02. The lowest BCUT2D eigenvalue weighted by molar-refractivity contribution is 0.242. The van der Waals surface area contributed by atoms with Crippen LogP contribution in [0.15, 0.2) is 36.5 Å². The molecule has 34 heavy (non-hydrogen) atoms. The maximum Gasteiger partial charge on any atom is 0.203 e. The van der Waals surface area contributed by atoms with Gasteiger partial charge in [0.15, 0.2) is 23.0 Å². The van der Waals surface area contributed by atoms with Crippen molar-refractivity contribution < 1.29 is 18.9 Å². The van der Waals surface area contributed by atoms with Crippen LogP contribution >= 0.6 is 11.6 Å². The fourth-order valence-corrected chi connectivity index (χ4v) is 3.83. The molecule has 10 heteroatoms. The van der Waals surface area contributed by atoms with Gasteiger partial charge in [-0.1, -0.05) is 11.6 Å². The zero-order valence-corrected chi connectivity index (χ0v) is 20.1. The summed E-state index contributed by atoms with van der Waals surface area (Å²) in [6.45, 7) is 3.88. The molecular weight excluding hydrogens is 458 g/mol. The fourth-order valence-electron chi connectivity index (χ4n) is 3.60. The Balaban J connectivity index is 1.86. The number of rotatable bonds is 8. The number of ether oxygens (including phenoxy) is 4. The van der Waals surface area contributed by atoms with Crippen molar-refractivity contribution >= 4 is 28.8 Å². The highest BCUT2D eigenvalue weighted by molar-refractivity contribution is 6.32. The number of anilines is 2. The minimum Gasteiger partial charge on any atom is -0.493 e. The van der Waals surface area contributed by atoms with Gasteiger partial charge < -0.3 is 24.3 Å². The van der Waals surface area contributed by atoms with Crippen LogP contribution in [0.3, 0.4) is 0 Å². The summed E-state index contributed by atoms with van der Waals surface area (Å²) < 4.78 is 23.9. The number of nitrogens with one attached hydrogen (secondary N) is 2. The number of hydrogen-bond donors (Lipinski definition) is 2. The van der Waals surface area contributed by atoms with Gasteiger partial charge in [-0.05, 0) is 44.2 Å². The number of fused-ring (bicyclic) bond motifs is 1. The smallest absolute Gasteiger partial charge is 0.203 e. The van der Waals surface area contributed by atoms with E-state index in [1.54, 1.807) is 56.3 Å². The number of nitriles is 1. The largest absolute Gasteiger partial charge is 0.493 e. The highest BCUT2D eigenvalue weighted by Crippen LogP contribution is 2.43. The van der Waals surface area contributed by atoms with Gasteiger partial charge in [0.05, 0.1) is 32.5 Å². The summed E-state index contributed by atoms with van der Waals surface area (Å²) in [5.74, 6) is 2.63. The zero-order valence-electron chi connectivity index (χ0n) is 19.4. The van der Waals surface area contributed by atoms with Crippen molar-refractivity contribution in [3.8, 4) is 40.3 Å².